The molecular weight excluding hydrogens is 272 g/mol. The molecule has 0 aromatic heterocycles. The van der Waals surface area contributed by atoms with Gasteiger partial charge in [-0.15, -0.1) is 6.58 Å². The number of hydrogen-bond acceptors (Lipinski definition) is 5. The van der Waals surface area contributed by atoms with Crippen molar-refractivity contribution < 1.29 is 23.7 Å². The molecule has 0 spiro atoms. The van der Waals surface area contributed by atoms with Crippen LogP contribution in [0.5, 0.6) is 0 Å². The molecule has 3 unspecified atom stereocenters. The van der Waals surface area contributed by atoms with Crippen LogP contribution in [0.1, 0.15) is 46.0 Å². The lowest BCUT2D eigenvalue weighted by Gasteiger charge is -2.40. The molecular formula is C16H26O5. The Morgan fingerprint density at radius 3 is 2.71 bits per heavy atom. The van der Waals surface area contributed by atoms with Gasteiger partial charge in [-0.2, -0.15) is 0 Å². The molecule has 5 nitrogen and oxygen atoms in total. The maximum absolute atomic E-state index is 12.3. The number of esters is 1. The highest BCUT2D eigenvalue weighted by Gasteiger charge is 2.48. The largest absolute Gasteiger partial charge is 0.467 e. The van der Waals surface area contributed by atoms with Gasteiger partial charge < -0.3 is 18.9 Å². The van der Waals surface area contributed by atoms with Crippen molar-refractivity contribution in [1.82, 2.24) is 0 Å². The van der Waals surface area contributed by atoms with Crippen LogP contribution in [0.25, 0.3) is 0 Å². The molecule has 2 fully saturated rings. The molecule has 120 valence electrons. The monoisotopic (exact) mass is 298 g/mol. The summed E-state index contributed by atoms with van der Waals surface area (Å²) < 4.78 is 22.5. The lowest BCUT2D eigenvalue weighted by atomic mass is 9.86. The fraction of sp³-hybridized carbons (Fsp3) is 0.812. The molecule has 3 atom stereocenters. The summed E-state index contributed by atoms with van der Waals surface area (Å²) in [6.07, 6.45) is 5.45. The van der Waals surface area contributed by atoms with Crippen molar-refractivity contribution in [1.29, 1.82) is 0 Å². The Bertz CT molecular complexity index is 392. The molecule has 0 aromatic rings. The minimum Gasteiger partial charge on any atom is -0.467 e. The van der Waals surface area contributed by atoms with E-state index < -0.39 is 11.4 Å². The zero-order valence-electron chi connectivity index (χ0n) is 13.2. The third-order valence-corrected chi connectivity index (χ3v) is 4.11. The van der Waals surface area contributed by atoms with Crippen LogP contribution < -0.4 is 0 Å². The van der Waals surface area contributed by atoms with E-state index >= 15 is 0 Å². The smallest absolute Gasteiger partial charge is 0.338 e. The Balaban J connectivity index is 2.10. The number of ether oxygens (including phenoxy) is 4. The predicted molar refractivity (Wildman–Crippen MR) is 77.8 cm³/mol. The molecule has 2 saturated heterocycles. The van der Waals surface area contributed by atoms with Gasteiger partial charge in [0.05, 0.1) is 25.9 Å². The average Bonchev–Trinajstić information content (AvgIpc) is 2.77. The summed E-state index contributed by atoms with van der Waals surface area (Å²) in [4.78, 5) is 12.3. The Morgan fingerprint density at radius 2 is 2.14 bits per heavy atom. The van der Waals surface area contributed by atoms with Gasteiger partial charge in [-0.3, -0.25) is 0 Å². The summed E-state index contributed by atoms with van der Waals surface area (Å²) in [6, 6.07) is 0. The molecule has 0 N–H and O–H groups in total. The summed E-state index contributed by atoms with van der Waals surface area (Å²) in [5, 5.41) is 0. The van der Waals surface area contributed by atoms with Crippen molar-refractivity contribution in [3.05, 3.63) is 12.7 Å². The van der Waals surface area contributed by atoms with Gasteiger partial charge in [-0.1, -0.05) is 6.08 Å². The zero-order valence-corrected chi connectivity index (χ0v) is 13.2. The van der Waals surface area contributed by atoms with Gasteiger partial charge in [0.1, 0.15) is 0 Å². The van der Waals surface area contributed by atoms with E-state index in [0.717, 1.165) is 19.3 Å². The second-order valence-corrected chi connectivity index (χ2v) is 6.30. The second kappa shape index (κ2) is 6.46. The number of rotatable bonds is 5. The highest BCUT2D eigenvalue weighted by molar-refractivity contribution is 5.79. The Morgan fingerprint density at radius 1 is 1.38 bits per heavy atom. The van der Waals surface area contributed by atoms with Crippen LogP contribution >= 0.6 is 0 Å². The summed E-state index contributed by atoms with van der Waals surface area (Å²) in [5.41, 5.74) is -0.922. The topological polar surface area (TPSA) is 54.0 Å². The summed E-state index contributed by atoms with van der Waals surface area (Å²) in [6.45, 7) is 7.97. The van der Waals surface area contributed by atoms with E-state index in [1.165, 1.54) is 7.11 Å². The van der Waals surface area contributed by atoms with E-state index in [2.05, 4.69) is 6.58 Å². The van der Waals surface area contributed by atoms with Gasteiger partial charge in [0, 0.05) is 6.42 Å². The Hall–Kier alpha value is -0.910. The normalized spacial score (nSPS) is 35.4. The van der Waals surface area contributed by atoms with E-state index in [-0.39, 0.29) is 18.2 Å². The van der Waals surface area contributed by atoms with Crippen molar-refractivity contribution in [3.63, 3.8) is 0 Å². The molecule has 5 heteroatoms. The van der Waals surface area contributed by atoms with Crippen LogP contribution in [0.4, 0.5) is 0 Å². The molecule has 2 rings (SSSR count). The SMILES string of the molecule is C=CCC1CCCC(CC2COC(C)(C)O2)(C(=O)OC)O1. The van der Waals surface area contributed by atoms with Crippen LogP contribution in [0.15, 0.2) is 12.7 Å². The Labute approximate surface area is 126 Å². The van der Waals surface area contributed by atoms with Crippen molar-refractivity contribution in [2.45, 2.75) is 69.5 Å². The minimum atomic E-state index is -0.922. The first-order chi connectivity index (χ1) is 9.91. The first-order valence-corrected chi connectivity index (χ1v) is 7.60. The number of carbonyl (C=O) groups excluding carboxylic acids is 1. The van der Waals surface area contributed by atoms with E-state index in [9.17, 15) is 4.79 Å². The van der Waals surface area contributed by atoms with Gasteiger partial charge in [0.2, 0.25) is 0 Å². The van der Waals surface area contributed by atoms with E-state index in [1.807, 2.05) is 19.9 Å². The standard InChI is InChI=1S/C16H26O5/c1-5-7-12-8-6-9-16(21-12,14(17)18-4)10-13-11-19-15(2,3)20-13/h5,12-13H,1,6-11H2,2-4H3. The maximum atomic E-state index is 12.3. The summed E-state index contributed by atoms with van der Waals surface area (Å²) in [5.74, 6) is -0.915. The second-order valence-electron chi connectivity index (χ2n) is 6.30. The molecule has 21 heavy (non-hydrogen) atoms. The number of hydrogen-bond donors (Lipinski definition) is 0. The molecule has 0 bridgehead atoms. The van der Waals surface area contributed by atoms with Crippen LogP contribution in [0.3, 0.4) is 0 Å². The first kappa shape index (κ1) is 16.5. The molecule has 2 heterocycles. The van der Waals surface area contributed by atoms with Gasteiger partial charge in [-0.25, -0.2) is 4.79 Å². The van der Waals surface area contributed by atoms with Crippen molar-refractivity contribution >= 4 is 5.97 Å². The number of carbonyl (C=O) groups is 1. The predicted octanol–water partition coefficient (Wildman–Crippen LogP) is 2.59. The number of methoxy groups -OCH3 is 1. The Kier molecular flexibility index (Phi) is 5.07. The van der Waals surface area contributed by atoms with Crippen molar-refractivity contribution in [2.75, 3.05) is 13.7 Å². The fourth-order valence-corrected chi connectivity index (χ4v) is 3.21. The van der Waals surface area contributed by atoms with Gasteiger partial charge >= 0.3 is 5.97 Å². The molecule has 2 aliphatic rings. The fourth-order valence-electron chi connectivity index (χ4n) is 3.21. The van der Waals surface area contributed by atoms with Crippen LogP contribution in [-0.2, 0) is 23.7 Å². The van der Waals surface area contributed by atoms with Gasteiger partial charge in [-0.05, 0) is 39.5 Å². The maximum Gasteiger partial charge on any atom is 0.338 e. The molecule has 0 aromatic carbocycles. The van der Waals surface area contributed by atoms with E-state index in [4.69, 9.17) is 18.9 Å². The first-order valence-electron chi connectivity index (χ1n) is 7.60. The van der Waals surface area contributed by atoms with E-state index in [1.54, 1.807) is 0 Å². The van der Waals surface area contributed by atoms with Crippen LogP contribution in [-0.4, -0.2) is 43.3 Å². The summed E-state index contributed by atoms with van der Waals surface area (Å²) >= 11 is 0. The third kappa shape index (κ3) is 3.84. The highest BCUT2D eigenvalue weighted by atomic mass is 16.7. The summed E-state index contributed by atoms with van der Waals surface area (Å²) in [7, 11) is 1.40. The lowest BCUT2D eigenvalue weighted by Crippen LogP contribution is -2.50. The molecule has 0 amide bonds. The van der Waals surface area contributed by atoms with Gasteiger partial charge in [0.15, 0.2) is 11.4 Å². The van der Waals surface area contributed by atoms with E-state index in [0.29, 0.717) is 19.4 Å². The quantitative estimate of drug-likeness (QED) is 0.577. The average molecular weight is 298 g/mol. The van der Waals surface area contributed by atoms with Gasteiger partial charge in [0.25, 0.3) is 0 Å². The lowest BCUT2D eigenvalue weighted by molar-refractivity contribution is -0.198. The minimum absolute atomic E-state index is 0.0191. The molecule has 2 aliphatic heterocycles. The van der Waals surface area contributed by atoms with Crippen LogP contribution in [0, 0.1) is 0 Å². The third-order valence-electron chi connectivity index (χ3n) is 4.11. The molecule has 0 aliphatic carbocycles. The van der Waals surface area contributed by atoms with Crippen LogP contribution in [0.2, 0.25) is 0 Å². The van der Waals surface area contributed by atoms with Crippen molar-refractivity contribution in [3.8, 4) is 0 Å². The zero-order chi connectivity index (χ0) is 15.5. The highest BCUT2D eigenvalue weighted by Crippen LogP contribution is 2.38. The molecule has 0 radical (unpaired) electrons. The van der Waals surface area contributed by atoms with Crippen molar-refractivity contribution in [2.24, 2.45) is 0 Å². The molecule has 0 saturated carbocycles.